The lowest BCUT2D eigenvalue weighted by atomic mass is 9.94. The van der Waals surface area contributed by atoms with Gasteiger partial charge in [0.15, 0.2) is 11.5 Å². The first kappa shape index (κ1) is 24.6. The van der Waals surface area contributed by atoms with E-state index >= 15 is 0 Å². The Balaban J connectivity index is 1.81. The zero-order valence-electron chi connectivity index (χ0n) is 20.9. The van der Waals surface area contributed by atoms with Crippen molar-refractivity contribution in [1.29, 1.82) is 0 Å². The average molecular weight is 482 g/mol. The average Bonchev–Trinajstić information content (AvgIpc) is 3.33. The van der Waals surface area contributed by atoms with Crippen LogP contribution in [0.3, 0.4) is 0 Å². The molecule has 0 aliphatic carbocycles. The molecule has 2 N–H and O–H groups in total. The normalized spacial score (nSPS) is 20.8. The third-order valence-corrected chi connectivity index (χ3v) is 6.51. The highest BCUT2D eigenvalue weighted by Gasteiger charge is 2.46. The number of nitrogens with one attached hydrogen (secondary N) is 1. The van der Waals surface area contributed by atoms with Crippen molar-refractivity contribution in [2.45, 2.75) is 31.9 Å². The smallest absolute Gasteiger partial charge is 0.295 e. The van der Waals surface area contributed by atoms with E-state index in [1.165, 1.54) is 12.0 Å². The maximum atomic E-state index is 13.3. The second kappa shape index (κ2) is 10.00. The van der Waals surface area contributed by atoms with Crippen LogP contribution >= 0.6 is 0 Å². The minimum absolute atomic E-state index is 0.0542. The predicted octanol–water partition coefficient (Wildman–Crippen LogP) is 1.98. The molecule has 0 unspecified atom stereocenters. The summed E-state index contributed by atoms with van der Waals surface area (Å²) in [5, 5.41) is 11.4. The van der Waals surface area contributed by atoms with E-state index in [0.29, 0.717) is 35.6 Å². The molecule has 1 fully saturated rings. The van der Waals surface area contributed by atoms with Crippen molar-refractivity contribution in [3.8, 4) is 17.2 Å². The number of quaternary nitrogens is 1. The Morgan fingerprint density at radius 2 is 1.86 bits per heavy atom. The Kier molecular flexibility index (Phi) is 7.03. The largest absolute Gasteiger partial charge is 0.507 e. The van der Waals surface area contributed by atoms with Crippen molar-refractivity contribution >= 4 is 17.4 Å². The van der Waals surface area contributed by atoms with Gasteiger partial charge in [0.05, 0.1) is 46.5 Å². The fraction of sp³-hybridized carbons (Fsp3) is 0.407. The highest BCUT2D eigenvalue weighted by molar-refractivity contribution is 6.46. The fourth-order valence-electron chi connectivity index (χ4n) is 4.81. The van der Waals surface area contributed by atoms with Gasteiger partial charge in [-0.3, -0.25) is 9.59 Å². The summed E-state index contributed by atoms with van der Waals surface area (Å²) in [5.41, 5.74) is 2.19. The molecular formula is C27H33N2O6+. The first-order valence-electron chi connectivity index (χ1n) is 11.8. The molecule has 1 saturated heterocycles. The Morgan fingerprint density at radius 1 is 1.11 bits per heavy atom. The van der Waals surface area contributed by atoms with Gasteiger partial charge >= 0.3 is 0 Å². The lowest BCUT2D eigenvalue weighted by Gasteiger charge is -2.26. The topological polar surface area (TPSA) is 89.7 Å². The van der Waals surface area contributed by atoms with E-state index in [0.717, 1.165) is 24.3 Å². The molecule has 2 atom stereocenters. The molecule has 2 aliphatic rings. The number of fused-ring (bicyclic) bond motifs is 1. The number of hydrogen-bond acceptors (Lipinski definition) is 6. The molecule has 8 heteroatoms. The lowest BCUT2D eigenvalue weighted by Crippen LogP contribution is -3.05. The highest BCUT2D eigenvalue weighted by Crippen LogP contribution is 2.42. The molecular weight excluding hydrogens is 448 g/mol. The summed E-state index contributed by atoms with van der Waals surface area (Å²) in [6, 6.07) is 9.92. The van der Waals surface area contributed by atoms with E-state index < -0.39 is 17.7 Å². The highest BCUT2D eigenvalue weighted by atomic mass is 16.5. The molecule has 2 aromatic carbocycles. The van der Waals surface area contributed by atoms with Crippen molar-refractivity contribution < 1.29 is 33.8 Å². The summed E-state index contributed by atoms with van der Waals surface area (Å²) in [7, 11) is 7.16. The minimum Gasteiger partial charge on any atom is -0.507 e. The van der Waals surface area contributed by atoms with Crippen LogP contribution in [0.2, 0.25) is 0 Å². The van der Waals surface area contributed by atoms with Gasteiger partial charge < -0.3 is 29.1 Å². The number of Topliss-reactive ketones (excluding diaryl/α,β-unsaturated/α-hetero) is 1. The summed E-state index contributed by atoms with van der Waals surface area (Å²) < 4.78 is 16.6. The van der Waals surface area contributed by atoms with E-state index in [1.54, 1.807) is 42.3 Å². The summed E-state index contributed by atoms with van der Waals surface area (Å²) in [5.74, 6) is 0.306. The number of amides is 1. The number of carbonyl (C=O) groups is 2. The van der Waals surface area contributed by atoms with Gasteiger partial charge in [-0.1, -0.05) is 6.07 Å². The van der Waals surface area contributed by atoms with Gasteiger partial charge in [0, 0.05) is 24.9 Å². The van der Waals surface area contributed by atoms with Crippen molar-refractivity contribution in [2.75, 3.05) is 41.4 Å². The predicted molar refractivity (Wildman–Crippen MR) is 131 cm³/mol. The Morgan fingerprint density at radius 3 is 2.54 bits per heavy atom. The molecule has 0 aromatic heterocycles. The van der Waals surface area contributed by atoms with Gasteiger partial charge in [0.25, 0.3) is 11.7 Å². The Bertz CT molecular complexity index is 1170. The first-order valence-corrected chi connectivity index (χ1v) is 11.8. The first-order chi connectivity index (χ1) is 16.7. The number of carbonyl (C=O) groups excluding carboxylic acids is 2. The molecule has 186 valence electrons. The molecule has 1 amide bonds. The van der Waals surface area contributed by atoms with Crippen LogP contribution < -0.4 is 19.1 Å². The van der Waals surface area contributed by atoms with Crippen molar-refractivity contribution in [2.24, 2.45) is 0 Å². The number of rotatable bonds is 8. The quantitative estimate of drug-likeness (QED) is 0.341. The number of ketones is 1. The van der Waals surface area contributed by atoms with Crippen LogP contribution in [-0.4, -0.2) is 69.2 Å². The standard InChI is InChI=1S/C27H32N2O6/c1-16-13-19-14-18(8-9-20(19)35-16)25(30)23-24(17-7-10-21(33-4)22(15-17)34-5)29(27(32)26(23)31)12-6-11-28(2)3/h7-10,14-16,24,30H,6,11-13H2,1-5H3/p+1/t16-,24+/m1/s1. The van der Waals surface area contributed by atoms with Gasteiger partial charge in [-0.2, -0.15) is 0 Å². The lowest BCUT2D eigenvalue weighted by molar-refractivity contribution is -0.858. The number of hydrogen-bond donors (Lipinski definition) is 2. The number of ether oxygens (including phenoxy) is 3. The van der Waals surface area contributed by atoms with E-state index in [2.05, 4.69) is 0 Å². The monoisotopic (exact) mass is 481 g/mol. The molecule has 0 bridgehead atoms. The van der Waals surface area contributed by atoms with Crippen LogP contribution in [0.25, 0.3) is 5.76 Å². The summed E-state index contributed by atoms with van der Waals surface area (Å²) in [4.78, 5) is 29.2. The molecule has 4 rings (SSSR count). The third-order valence-electron chi connectivity index (χ3n) is 6.51. The molecule has 2 aliphatic heterocycles. The summed E-state index contributed by atoms with van der Waals surface area (Å²) in [6.07, 6.45) is 1.49. The molecule has 0 saturated carbocycles. The van der Waals surface area contributed by atoms with Crippen LogP contribution in [0, 0.1) is 0 Å². The van der Waals surface area contributed by atoms with Crippen molar-refractivity contribution in [3.05, 3.63) is 58.7 Å². The second-order valence-electron chi connectivity index (χ2n) is 9.37. The van der Waals surface area contributed by atoms with Gasteiger partial charge in [-0.25, -0.2) is 0 Å². The number of likely N-dealkylation sites (tertiary alicyclic amines) is 1. The molecule has 35 heavy (non-hydrogen) atoms. The zero-order valence-corrected chi connectivity index (χ0v) is 20.9. The number of methoxy groups -OCH3 is 2. The molecule has 2 heterocycles. The fourth-order valence-corrected chi connectivity index (χ4v) is 4.81. The van der Waals surface area contributed by atoms with Crippen LogP contribution in [0.5, 0.6) is 17.2 Å². The number of nitrogens with zero attached hydrogens (tertiary/aromatic N) is 1. The van der Waals surface area contributed by atoms with Crippen molar-refractivity contribution in [1.82, 2.24) is 4.90 Å². The molecule has 0 radical (unpaired) electrons. The number of aliphatic hydroxyl groups excluding tert-OH is 1. The van der Waals surface area contributed by atoms with Gasteiger partial charge in [0.2, 0.25) is 0 Å². The van der Waals surface area contributed by atoms with E-state index in [1.807, 2.05) is 27.1 Å². The van der Waals surface area contributed by atoms with Crippen LogP contribution in [0.15, 0.2) is 42.0 Å². The maximum absolute atomic E-state index is 13.3. The molecule has 8 nitrogen and oxygen atoms in total. The summed E-state index contributed by atoms with van der Waals surface area (Å²) >= 11 is 0. The molecule has 2 aromatic rings. The van der Waals surface area contributed by atoms with E-state index in [9.17, 15) is 14.7 Å². The molecule has 0 spiro atoms. The van der Waals surface area contributed by atoms with Crippen LogP contribution in [-0.2, 0) is 16.0 Å². The van der Waals surface area contributed by atoms with Gasteiger partial charge in [0.1, 0.15) is 17.6 Å². The van der Waals surface area contributed by atoms with E-state index in [-0.39, 0.29) is 17.4 Å². The summed E-state index contributed by atoms with van der Waals surface area (Å²) in [6.45, 7) is 3.21. The second-order valence-corrected chi connectivity index (χ2v) is 9.37. The maximum Gasteiger partial charge on any atom is 0.295 e. The van der Waals surface area contributed by atoms with Crippen molar-refractivity contribution in [3.63, 3.8) is 0 Å². The van der Waals surface area contributed by atoms with E-state index in [4.69, 9.17) is 14.2 Å². The third kappa shape index (κ3) is 4.71. The van der Waals surface area contributed by atoms with Gasteiger partial charge in [-0.05, 0) is 48.4 Å². The Hall–Kier alpha value is -3.52. The van der Waals surface area contributed by atoms with Crippen LogP contribution in [0.4, 0.5) is 0 Å². The van der Waals surface area contributed by atoms with Gasteiger partial charge in [-0.15, -0.1) is 0 Å². The zero-order chi connectivity index (χ0) is 25.3. The number of benzene rings is 2. The number of aliphatic hydroxyl groups is 1. The Labute approximate surface area is 205 Å². The minimum atomic E-state index is -0.740. The van der Waals surface area contributed by atoms with Crippen LogP contribution in [0.1, 0.15) is 36.1 Å². The SMILES string of the molecule is COc1ccc([C@H]2C(=C(O)c3ccc4c(c3)C[C@@H](C)O4)C(=O)C(=O)N2CCC[NH+](C)C)cc1OC.